The Morgan fingerprint density at radius 2 is 1.70 bits per heavy atom. The molecule has 0 atom stereocenters. The number of hydrogen-bond donors (Lipinski definition) is 1. The fourth-order valence-corrected chi connectivity index (χ4v) is 1.96. The summed E-state index contributed by atoms with van der Waals surface area (Å²) in [5.74, 6) is 0.183. The molecular formula is C16H17F2NO. The molecule has 2 aromatic carbocycles. The summed E-state index contributed by atoms with van der Waals surface area (Å²) in [6, 6.07) is 15.0. The standard InChI is InChI=1S/C16H17F2NO/c1-12-3-2-4-14(9-12)11-19-10-13-5-7-15(8-6-13)20-16(17)18/h2-9,16,19H,10-11H2,1H3. The van der Waals surface area contributed by atoms with Gasteiger partial charge in [-0.3, -0.25) is 0 Å². The average Bonchev–Trinajstić information content (AvgIpc) is 2.40. The molecule has 0 heterocycles. The summed E-state index contributed by atoms with van der Waals surface area (Å²) in [4.78, 5) is 0. The highest BCUT2D eigenvalue weighted by atomic mass is 19.3. The van der Waals surface area contributed by atoms with Crippen LogP contribution in [0.25, 0.3) is 0 Å². The van der Waals surface area contributed by atoms with Crippen LogP contribution in [0.3, 0.4) is 0 Å². The highest BCUT2D eigenvalue weighted by molar-refractivity contribution is 5.27. The van der Waals surface area contributed by atoms with Gasteiger partial charge < -0.3 is 10.1 Å². The summed E-state index contributed by atoms with van der Waals surface area (Å²) < 4.78 is 28.3. The Morgan fingerprint density at radius 3 is 2.35 bits per heavy atom. The van der Waals surface area contributed by atoms with Crippen molar-refractivity contribution in [3.05, 3.63) is 65.2 Å². The first-order chi connectivity index (χ1) is 9.63. The highest BCUT2D eigenvalue weighted by Gasteiger charge is 2.03. The molecule has 0 saturated heterocycles. The van der Waals surface area contributed by atoms with Crippen LogP contribution in [0.4, 0.5) is 8.78 Å². The Bertz CT molecular complexity index is 540. The first kappa shape index (κ1) is 14.5. The molecule has 0 fully saturated rings. The number of hydrogen-bond acceptors (Lipinski definition) is 2. The summed E-state index contributed by atoms with van der Waals surface area (Å²) in [6.07, 6.45) is 0. The van der Waals surface area contributed by atoms with Gasteiger partial charge in [-0.05, 0) is 30.2 Å². The Hall–Kier alpha value is -1.94. The second-order valence-electron chi connectivity index (χ2n) is 4.62. The van der Waals surface area contributed by atoms with Crippen molar-refractivity contribution in [3.8, 4) is 5.75 Å². The number of ether oxygens (including phenoxy) is 1. The molecule has 0 unspecified atom stereocenters. The van der Waals surface area contributed by atoms with Gasteiger partial charge in [0.15, 0.2) is 0 Å². The van der Waals surface area contributed by atoms with Crippen LogP contribution in [0.15, 0.2) is 48.5 Å². The van der Waals surface area contributed by atoms with E-state index in [2.05, 4.69) is 35.2 Å². The minimum atomic E-state index is -2.78. The fourth-order valence-electron chi connectivity index (χ4n) is 1.96. The van der Waals surface area contributed by atoms with Crippen molar-refractivity contribution < 1.29 is 13.5 Å². The highest BCUT2D eigenvalue weighted by Crippen LogP contribution is 2.14. The molecule has 0 saturated carbocycles. The molecule has 2 rings (SSSR count). The molecule has 0 bridgehead atoms. The molecule has 0 aliphatic carbocycles. The maximum absolute atomic E-state index is 12.0. The van der Waals surface area contributed by atoms with Gasteiger partial charge >= 0.3 is 6.61 Å². The molecular weight excluding hydrogens is 260 g/mol. The molecule has 20 heavy (non-hydrogen) atoms. The summed E-state index contributed by atoms with van der Waals surface area (Å²) >= 11 is 0. The van der Waals surface area contributed by atoms with Gasteiger partial charge in [0.05, 0.1) is 0 Å². The first-order valence-corrected chi connectivity index (χ1v) is 6.43. The largest absolute Gasteiger partial charge is 0.435 e. The summed E-state index contributed by atoms with van der Waals surface area (Å²) in [6.45, 7) is 0.741. The van der Waals surface area contributed by atoms with Crippen molar-refractivity contribution in [1.82, 2.24) is 5.32 Å². The van der Waals surface area contributed by atoms with Gasteiger partial charge in [-0.1, -0.05) is 42.0 Å². The molecule has 1 N–H and O–H groups in total. The van der Waals surface area contributed by atoms with Crippen LogP contribution in [0, 0.1) is 6.92 Å². The van der Waals surface area contributed by atoms with Gasteiger partial charge in [0.2, 0.25) is 0 Å². The van der Waals surface area contributed by atoms with E-state index in [4.69, 9.17) is 0 Å². The Kier molecular flexibility index (Phi) is 5.07. The smallest absolute Gasteiger partial charge is 0.387 e. The van der Waals surface area contributed by atoms with E-state index < -0.39 is 6.61 Å². The van der Waals surface area contributed by atoms with Crippen LogP contribution in [0.2, 0.25) is 0 Å². The lowest BCUT2D eigenvalue weighted by molar-refractivity contribution is -0.0498. The zero-order chi connectivity index (χ0) is 14.4. The van der Waals surface area contributed by atoms with Crippen LogP contribution in [0.5, 0.6) is 5.75 Å². The molecule has 2 nitrogen and oxygen atoms in total. The van der Waals surface area contributed by atoms with E-state index >= 15 is 0 Å². The number of halogens is 2. The maximum atomic E-state index is 12.0. The van der Waals surface area contributed by atoms with Crippen LogP contribution < -0.4 is 10.1 Å². The van der Waals surface area contributed by atoms with Gasteiger partial charge in [-0.2, -0.15) is 8.78 Å². The molecule has 0 amide bonds. The van der Waals surface area contributed by atoms with Gasteiger partial charge in [0.25, 0.3) is 0 Å². The molecule has 0 spiro atoms. The third kappa shape index (κ3) is 4.63. The normalized spacial score (nSPS) is 10.8. The van der Waals surface area contributed by atoms with Crippen molar-refractivity contribution in [2.24, 2.45) is 0 Å². The third-order valence-electron chi connectivity index (χ3n) is 2.89. The molecule has 0 aromatic heterocycles. The van der Waals surface area contributed by atoms with Gasteiger partial charge in [0.1, 0.15) is 5.75 Å². The Labute approximate surface area is 117 Å². The summed E-state index contributed by atoms with van der Waals surface area (Å²) in [7, 11) is 0. The number of alkyl halides is 2. The average molecular weight is 277 g/mol. The fraction of sp³-hybridized carbons (Fsp3) is 0.250. The second-order valence-corrected chi connectivity index (χ2v) is 4.62. The van der Waals surface area contributed by atoms with Crippen LogP contribution >= 0.6 is 0 Å². The van der Waals surface area contributed by atoms with Crippen molar-refractivity contribution >= 4 is 0 Å². The number of nitrogens with one attached hydrogen (secondary N) is 1. The molecule has 0 aliphatic rings. The summed E-state index contributed by atoms with van der Waals surface area (Å²) in [5.41, 5.74) is 3.49. The van der Waals surface area contributed by atoms with Crippen molar-refractivity contribution in [3.63, 3.8) is 0 Å². The number of rotatable bonds is 6. The predicted molar refractivity (Wildman–Crippen MR) is 74.8 cm³/mol. The van der Waals surface area contributed by atoms with Gasteiger partial charge in [-0.25, -0.2) is 0 Å². The molecule has 0 radical (unpaired) electrons. The van der Waals surface area contributed by atoms with Crippen LogP contribution in [-0.4, -0.2) is 6.61 Å². The van der Waals surface area contributed by atoms with Crippen molar-refractivity contribution in [1.29, 1.82) is 0 Å². The summed E-state index contributed by atoms with van der Waals surface area (Å²) in [5, 5.41) is 3.32. The predicted octanol–water partition coefficient (Wildman–Crippen LogP) is 3.89. The van der Waals surface area contributed by atoms with Crippen LogP contribution in [0.1, 0.15) is 16.7 Å². The zero-order valence-corrected chi connectivity index (χ0v) is 11.3. The van der Waals surface area contributed by atoms with Gasteiger partial charge in [-0.15, -0.1) is 0 Å². The number of benzene rings is 2. The molecule has 106 valence electrons. The van der Waals surface area contributed by atoms with Crippen molar-refractivity contribution in [2.75, 3.05) is 0 Å². The molecule has 0 aliphatic heterocycles. The Balaban J connectivity index is 1.82. The van der Waals surface area contributed by atoms with E-state index in [0.29, 0.717) is 6.54 Å². The molecule has 4 heteroatoms. The lowest BCUT2D eigenvalue weighted by Gasteiger charge is -2.08. The molecule has 2 aromatic rings. The number of aryl methyl sites for hydroxylation is 1. The lowest BCUT2D eigenvalue weighted by Crippen LogP contribution is -2.12. The van der Waals surface area contributed by atoms with Crippen molar-refractivity contribution in [2.45, 2.75) is 26.6 Å². The quantitative estimate of drug-likeness (QED) is 0.865. The maximum Gasteiger partial charge on any atom is 0.387 e. The van der Waals surface area contributed by atoms with Gasteiger partial charge in [0, 0.05) is 13.1 Å². The van der Waals surface area contributed by atoms with E-state index in [1.165, 1.54) is 11.1 Å². The van der Waals surface area contributed by atoms with E-state index in [1.807, 2.05) is 6.07 Å². The minimum Gasteiger partial charge on any atom is -0.435 e. The van der Waals surface area contributed by atoms with E-state index in [-0.39, 0.29) is 5.75 Å². The second kappa shape index (κ2) is 7.01. The minimum absolute atomic E-state index is 0.183. The van der Waals surface area contributed by atoms with E-state index in [0.717, 1.165) is 12.1 Å². The van der Waals surface area contributed by atoms with E-state index in [1.54, 1.807) is 24.3 Å². The monoisotopic (exact) mass is 277 g/mol. The van der Waals surface area contributed by atoms with E-state index in [9.17, 15) is 8.78 Å². The van der Waals surface area contributed by atoms with Crippen LogP contribution in [-0.2, 0) is 13.1 Å². The Morgan fingerprint density at radius 1 is 1.00 bits per heavy atom. The first-order valence-electron chi connectivity index (χ1n) is 6.43. The SMILES string of the molecule is Cc1cccc(CNCc2ccc(OC(F)F)cc2)c1. The topological polar surface area (TPSA) is 21.3 Å². The lowest BCUT2D eigenvalue weighted by atomic mass is 10.1. The zero-order valence-electron chi connectivity index (χ0n) is 11.3. The third-order valence-corrected chi connectivity index (χ3v) is 2.89.